The zero-order valence-corrected chi connectivity index (χ0v) is 17.7. The van der Waals surface area contributed by atoms with Crippen molar-refractivity contribution in [1.82, 2.24) is 4.57 Å². The van der Waals surface area contributed by atoms with Crippen molar-refractivity contribution in [3.63, 3.8) is 0 Å². The Hall–Kier alpha value is -4.30. The number of carbonyl (C=O) groups is 2. The number of ketones is 1. The molecule has 31 heavy (non-hydrogen) atoms. The number of Topliss-reactive ketones (excluding diaryl/α,β-unsaturated/α-hetero) is 1. The number of aryl methyl sites for hydroxylation is 1. The predicted molar refractivity (Wildman–Crippen MR) is 114 cm³/mol. The number of nitrogens with zero attached hydrogens (tertiary/aromatic N) is 3. The highest BCUT2D eigenvalue weighted by molar-refractivity contribution is 6.03. The molecular weight excluding hydrogens is 396 g/mol. The van der Waals surface area contributed by atoms with E-state index in [9.17, 15) is 14.9 Å². The van der Waals surface area contributed by atoms with E-state index in [0.29, 0.717) is 5.56 Å². The van der Waals surface area contributed by atoms with Gasteiger partial charge in [0, 0.05) is 22.8 Å². The highest BCUT2D eigenvalue weighted by Gasteiger charge is 2.18. The highest BCUT2D eigenvalue weighted by Crippen LogP contribution is 2.24. The first-order valence-corrected chi connectivity index (χ1v) is 9.25. The van der Waals surface area contributed by atoms with Crippen LogP contribution in [0.2, 0.25) is 0 Å². The van der Waals surface area contributed by atoms with E-state index in [4.69, 9.17) is 20.5 Å². The summed E-state index contributed by atoms with van der Waals surface area (Å²) in [5, 5.41) is 18.3. The quantitative estimate of drug-likeness (QED) is 0.415. The Balaban J connectivity index is 2.27. The molecule has 158 valence electrons. The number of nitrogens with two attached hydrogens (primary N) is 1. The van der Waals surface area contributed by atoms with Crippen LogP contribution in [0.3, 0.4) is 0 Å². The van der Waals surface area contributed by atoms with Crippen molar-refractivity contribution < 1.29 is 19.1 Å². The molecule has 2 N–H and O–H groups in total. The lowest BCUT2D eigenvalue weighted by Gasteiger charge is -2.10. The Bertz CT molecular complexity index is 1150. The van der Waals surface area contributed by atoms with E-state index >= 15 is 0 Å². The summed E-state index contributed by atoms with van der Waals surface area (Å²) in [5.74, 6) is -0.961. The van der Waals surface area contributed by atoms with E-state index in [-0.39, 0.29) is 16.8 Å². The Morgan fingerprint density at radius 1 is 1.16 bits per heavy atom. The molecule has 0 aliphatic rings. The number of carbonyl (C=O) groups excluding carboxylic acids is 2. The third-order valence-corrected chi connectivity index (χ3v) is 4.56. The van der Waals surface area contributed by atoms with Crippen LogP contribution < -0.4 is 10.5 Å². The molecule has 0 aliphatic carbocycles. The minimum atomic E-state index is -0.961. The summed E-state index contributed by atoms with van der Waals surface area (Å²) in [4.78, 5) is 24.2. The van der Waals surface area contributed by atoms with Crippen molar-refractivity contribution >= 4 is 17.8 Å². The van der Waals surface area contributed by atoms with Crippen LogP contribution in [0.25, 0.3) is 11.8 Å². The van der Waals surface area contributed by atoms with Crippen LogP contribution >= 0.6 is 0 Å². The molecule has 1 heterocycles. The summed E-state index contributed by atoms with van der Waals surface area (Å²) < 4.78 is 12.1. The molecule has 0 aliphatic heterocycles. The van der Waals surface area contributed by atoms with E-state index in [1.54, 1.807) is 19.2 Å². The van der Waals surface area contributed by atoms with Gasteiger partial charge < -0.3 is 19.8 Å². The maximum absolute atomic E-state index is 12.3. The average Bonchev–Trinajstić information content (AvgIpc) is 3.03. The number of esters is 1. The van der Waals surface area contributed by atoms with E-state index < -0.39 is 18.4 Å². The Morgan fingerprint density at radius 3 is 2.32 bits per heavy atom. The van der Waals surface area contributed by atoms with Crippen LogP contribution in [-0.2, 0) is 14.3 Å². The molecule has 1 aromatic carbocycles. The Labute approximate surface area is 180 Å². The van der Waals surface area contributed by atoms with Crippen LogP contribution in [-0.4, -0.2) is 30.0 Å². The molecule has 8 heteroatoms. The van der Waals surface area contributed by atoms with E-state index in [1.807, 2.05) is 48.7 Å². The summed E-state index contributed by atoms with van der Waals surface area (Å²) in [6, 6.07) is 12.8. The van der Waals surface area contributed by atoms with Crippen LogP contribution in [0, 0.1) is 36.5 Å². The lowest BCUT2D eigenvalue weighted by Crippen LogP contribution is -2.18. The van der Waals surface area contributed by atoms with Crippen LogP contribution in [0.1, 0.15) is 23.9 Å². The second kappa shape index (κ2) is 9.95. The number of aromatic nitrogens is 1. The van der Waals surface area contributed by atoms with Crippen molar-refractivity contribution in [2.75, 3.05) is 13.7 Å². The molecule has 0 unspecified atom stereocenters. The summed E-state index contributed by atoms with van der Waals surface area (Å²) in [7, 11) is 1.59. The van der Waals surface area contributed by atoms with Gasteiger partial charge in [0.2, 0.25) is 5.78 Å². The van der Waals surface area contributed by atoms with Gasteiger partial charge in [-0.05, 0) is 62.7 Å². The van der Waals surface area contributed by atoms with Gasteiger partial charge in [-0.1, -0.05) is 0 Å². The van der Waals surface area contributed by atoms with Crippen LogP contribution in [0.4, 0.5) is 0 Å². The van der Waals surface area contributed by atoms with Gasteiger partial charge in [-0.3, -0.25) is 4.79 Å². The van der Waals surface area contributed by atoms with Crippen LogP contribution in [0.15, 0.2) is 47.2 Å². The third-order valence-electron chi connectivity index (χ3n) is 4.56. The SMILES string of the molecule is COc1ccc(-n2c(C)cc(/C=C(\C#N)C(=O)OCC(=O)/C(C#N)=C(/C)N)c2C)cc1. The van der Waals surface area contributed by atoms with Gasteiger partial charge in [-0.2, -0.15) is 10.5 Å². The smallest absolute Gasteiger partial charge is 0.349 e. The fraction of sp³-hybridized carbons (Fsp3) is 0.217. The first kappa shape index (κ1) is 23.0. The number of hydrogen-bond donors (Lipinski definition) is 1. The van der Waals surface area contributed by atoms with Crippen molar-refractivity contribution in [2.45, 2.75) is 20.8 Å². The van der Waals surface area contributed by atoms with Crippen molar-refractivity contribution in [3.05, 3.63) is 64.1 Å². The van der Waals surface area contributed by atoms with E-state index in [0.717, 1.165) is 22.8 Å². The molecule has 0 saturated heterocycles. The third kappa shape index (κ3) is 5.20. The van der Waals surface area contributed by atoms with Gasteiger partial charge in [0.15, 0.2) is 6.61 Å². The molecule has 0 spiro atoms. The van der Waals surface area contributed by atoms with Crippen LogP contribution in [0.5, 0.6) is 5.75 Å². The standard InChI is InChI=1S/C23H22N4O4/c1-14-9-17(16(3)27(14)19-5-7-20(30-4)8-6-19)10-18(11-24)23(29)31-13-22(28)21(12-25)15(2)26/h5-10H,13,26H2,1-4H3/b18-10+,21-15-. The van der Waals surface area contributed by atoms with Gasteiger partial charge in [0.05, 0.1) is 7.11 Å². The molecule has 1 aromatic heterocycles. The van der Waals surface area contributed by atoms with Gasteiger partial charge in [0.1, 0.15) is 29.0 Å². The number of hydrogen-bond acceptors (Lipinski definition) is 7. The number of benzene rings is 1. The van der Waals surface area contributed by atoms with Gasteiger partial charge in [-0.15, -0.1) is 0 Å². The molecule has 0 amide bonds. The van der Waals surface area contributed by atoms with Gasteiger partial charge >= 0.3 is 5.97 Å². The minimum Gasteiger partial charge on any atom is -0.497 e. The number of allylic oxidation sites excluding steroid dienone is 1. The zero-order valence-electron chi connectivity index (χ0n) is 17.7. The summed E-state index contributed by atoms with van der Waals surface area (Å²) in [5.41, 5.74) is 8.21. The Kier molecular flexibility index (Phi) is 7.38. The lowest BCUT2D eigenvalue weighted by molar-refractivity contribution is -0.142. The molecule has 2 aromatic rings. The first-order valence-electron chi connectivity index (χ1n) is 9.25. The number of methoxy groups -OCH3 is 1. The summed E-state index contributed by atoms with van der Waals surface area (Å²) >= 11 is 0. The fourth-order valence-electron chi connectivity index (χ4n) is 3.01. The molecule has 2 rings (SSSR count). The second-order valence-corrected chi connectivity index (χ2v) is 6.70. The average molecular weight is 418 g/mol. The summed E-state index contributed by atoms with van der Waals surface area (Å²) in [6.07, 6.45) is 1.41. The van der Waals surface area contributed by atoms with Crippen molar-refractivity contribution in [3.8, 4) is 23.6 Å². The van der Waals surface area contributed by atoms with E-state index in [1.165, 1.54) is 13.0 Å². The molecule has 8 nitrogen and oxygen atoms in total. The topological polar surface area (TPSA) is 131 Å². The van der Waals surface area contributed by atoms with Gasteiger partial charge in [-0.25, -0.2) is 4.79 Å². The molecule has 0 bridgehead atoms. The van der Waals surface area contributed by atoms with Gasteiger partial charge in [0.25, 0.3) is 0 Å². The second-order valence-electron chi connectivity index (χ2n) is 6.70. The molecule has 0 atom stereocenters. The maximum Gasteiger partial charge on any atom is 0.349 e. The monoisotopic (exact) mass is 418 g/mol. The largest absolute Gasteiger partial charge is 0.497 e. The van der Waals surface area contributed by atoms with Crippen molar-refractivity contribution in [1.29, 1.82) is 10.5 Å². The zero-order chi connectivity index (χ0) is 23.1. The molecule has 0 saturated carbocycles. The molecular formula is C23H22N4O4. The van der Waals surface area contributed by atoms with E-state index in [2.05, 4.69) is 0 Å². The molecule has 0 radical (unpaired) electrons. The molecule has 0 fully saturated rings. The Morgan fingerprint density at radius 2 is 1.81 bits per heavy atom. The number of nitriles is 2. The van der Waals surface area contributed by atoms with Crippen molar-refractivity contribution in [2.24, 2.45) is 5.73 Å². The number of rotatable bonds is 7. The predicted octanol–water partition coefficient (Wildman–Crippen LogP) is 2.88. The number of ether oxygens (including phenoxy) is 2. The maximum atomic E-state index is 12.3. The first-order chi connectivity index (χ1) is 14.7. The highest BCUT2D eigenvalue weighted by atomic mass is 16.5. The fourth-order valence-corrected chi connectivity index (χ4v) is 3.01. The normalized spacial score (nSPS) is 11.7. The minimum absolute atomic E-state index is 0.0329. The summed E-state index contributed by atoms with van der Waals surface area (Å²) in [6.45, 7) is 4.49. The lowest BCUT2D eigenvalue weighted by atomic mass is 10.1.